The van der Waals surface area contributed by atoms with E-state index in [1.165, 1.54) is 18.2 Å². The van der Waals surface area contributed by atoms with Crippen molar-refractivity contribution >= 4 is 23.5 Å². The van der Waals surface area contributed by atoms with Crippen molar-refractivity contribution in [3.05, 3.63) is 54.1 Å². The van der Waals surface area contributed by atoms with Crippen LogP contribution < -0.4 is 10.6 Å². The molecule has 1 rings (SSSR count). The quantitative estimate of drug-likeness (QED) is 0.547. The number of rotatable bonds is 6. The summed E-state index contributed by atoms with van der Waals surface area (Å²) in [5.74, 6) is -1.88. The van der Waals surface area contributed by atoms with Crippen LogP contribution in [0.4, 0.5) is 5.69 Å². The van der Waals surface area contributed by atoms with Gasteiger partial charge in [-0.05, 0) is 31.2 Å². The zero-order valence-corrected chi connectivity index (χ0v) is 11.5. The molecule has 3 N–H and O–H groups in total. The average molecular weight is 288 g/mol. The molecule has 0 saturated carbocycles. The highest BCUT2D eigenvalue weighted by molar-refractivity contribution is 6.00. The summed E-state index contributed by atoms with van der Waals surface area (Å²) >= 11 is 0. The standard InChI is InChI=1S/C15H16N2O4/c1-2-3-4-5-13(18)17-12-8-6-11(7-9-12)15(21)16-10-14(19)20/h2-9H,10H2,1H3,(H,16,21)(H,17,18)(H,19,20)/b3-2+,5-4+. The number of carbonyl (C=O) groups excluding carboxylic acids is 2. The Bertz CT molecular complexity index is 574. The summed E-state index contributed by atoms with van der Waals surface area (Å²) in [6, 6.07) is 6.14. The molecule has 6 nitrogen and oxygen atoms in total. The fraction of sp³-hybridized carbons (Fsp3) is 0.133. The van der Waals surface area contributed by atoms with Crippen molar-refractivity contribution in [2.75, 3.05) is 11.9 Å². The molecule has 2 amide bonds. The van der Waals surface area contributed by atoms with Gasteiger partial charge >= 0.3 is 5.97 Å². The number of nitrogens with one attached hydrogen (secondary N) is 2. The highest BCUT2D eigenvalue weighted by Gasteiger charge is 2.07. The molecule has 1 aromatic rings. The molecule has 0 fully saturated rings. The number of hydrogen-bond acceptors (Lipinski definition) is 3. The Kier molecular flexibility index (Phi) is 6.40. The summed E-state index contributed by atoms with van der Waals surface area (Å²) in [6.07, 6.45) is 6.53. The van der Waals surface area contributed by atoms with E-state index < -0.39 is 18.4 Å². The van der Waals surface area contributed by atoms with Gasteiger partial charge < -0.3 is 15.7 Å². The monoisotopic (exact) mass is 288 g/mol. The van der Waals surface area contributed by atoms with Crippen molar-refractivity contribution in [1.82, 2.24) is 5.32 Å². The number of anilines is 1. The maximum absolute atomic E-state index is 11.6. The Balaban J connectivity index is 2.59. The normalized spacial score (nSPS) is 10.7. The summed E-state index contributed by atoms with van der Waals surface area (Å²) in [6.45, 7) is 1.41. The van der Waals surface area contributed by atoms with Crippen LogP contribution in [0.2, 0.25) is 0 Å². The van der Waals surface area contributed by atoms with Crippen LogP contribution in [0.1, 0.15) is 17.3 Å². The summed E-state index contributed by atoms with van der Waals surface area (Å²) in [4.78, 5) is 33.4. The molecule has 21 heavy (non-hydrogen) atoms. The van der Waals surface area contributed by atoms with Crippen LogP contribution >= 0.6 is 0 Å². The van der Waals surface area contributed by atoms with Gasteiger partial charge in [0.25, 0.3) is 5.91 Å². The molecule has 0 bridgehead atoms. The fourth-order valence-corrected chi connectivity index (χ4v) is 1.40. The molecule has 0 aliphatic heterocycles. The summed E-state index contributed by atoms with van der Waals surface area (Å²) in [7, 11) is 0. The molecule has 0 aliphatic carbocycles. The second kappa shape index (κ2) is 8.31. The number of hydrogen-bond donors (Lipinski definition) is 3. The zero-order chi connectivity index (χ0) is 15.7. The second-order valence-corrected chi connectivity index (χ2v) is 4.03. The first-order chi connectivity index (χ1) is 10.0. The van der Waals surface area contributed by atoms with Gasteiger partial charge in [0.05, 0.1) is 0 Å². The molecule has 6 heteroatoms. The largest absolute Gasteiger partial charge is 0.480 e. The van der Waals surface area contributed by atoms with E-state index in [0.29, 0.717) is 11.3 Å². The smallest absolute Gasteiger partial charge is 0.322 e. The summed E-state index contributed by atoms with van der Waals surface area (Å²) in [5.41, 5.74) is 0.860. The van der Waals surface area contributed by atoms with Gasteiger partial charge in [0.1, 0.15) is 6.54 Å². The van der Waals surface area contributed by atoms with Gasteiger partial charge in [-0.3, -0.25) is 14.4 Å². The third-order valence-electron chi connectivity index (χ3n) is 2.37. The van der Waals surface area contributed by atoms with Crippen LogP contribution in [0.25, 0.3) is 0 Å². The third-order valence-corrected chi connectivity index (χ3v) is 2.37. The van der Waals surface area contributed by atoms with E-state index >= 15 is 0 Å². The van der Waals surface area contributed by atoms with Crippen LogP contribution in [0.15, 0.2) is 48.6 Å². The average Bonchev–Trinajstić information content (AvgIpc) is 2.45. The lowest BCUT2D eigenvalue weighted by Crippen LogP contribution is -2.29. The van der Waals surface area contributed by atoms with E-state index in [9.17, 15) is 14.4 Å². The Hall–Kier alpha value is -2.89. The number of amides is 2. The van der Waals surface area contributed by atoms with Crippen molar-refractivity contribution < 1.29 is 19.5 Å². The van der Waals surface area contributed by atoms with E-state index in [-0.39, 0.29) is 5.91 Å². The fourth-order valence-electron chi connectivity index (χ4n) is 1.40. The van der Waals surface area contributed by atoms with E-state index in [1.54, 1.807) is 30.4 Å². The first-order valence-corrected chi connectivity index (χ1v) is 6.23. The van der Waals surface area contributed by atoms with Crippen LogP contribution in [0, 0.1) is 0 Å². The van der Waals surface area contributed by atoms with Crippen LogP contribution in [-0.2, 0) is 9.59 Å². The molecule has 0 saturated heterocycles. The van der Waals surface area contributed by atoms with E-state index in [2.05, 4.69) is 10.6 Å². The van der Waals surface area contributed by atoms with E-state index in [4.69, 9.17) is 5.11 Å². The predicted octanol–water partition coefficient (Wildman–Crippen LogP) is 1.57. The molecule has 1 aromatic carbocycles. The number of aliphatic carboxylic acids is 1. The highest BCUT2D eigenvalue weighted by Crippen LogP contribution is 2.09. The van der Waals surface area contributed by atoms with E-state index in [0.717, 1.165) is 0 Å². The van der Waals surface area contributed by atoms with Crippen molar-refractivity contribution in [2.45, 2.75) is 6.92 Å². The maximum Gasteiger partial charge on any atom is 0.322 e. The third kappa shape index (κ3) is 6.20. The van der Waals surface area contributed by atoms with Crippen LogP contribution in [0.5, 0.6) is 0 Å². The number of benzene rings is 1. The second-order valence-electron chi connectivity index (χ2n) is 4.03. The Labute approximate surface area is 122 Å². The van der Waals surface area contributed by atoms with Gasteiger partial charge in [0, 0.05) is 17.3 Å². The molecule has 0 heterocycles. The van der Waals surface area contributed by atoms with Gasteiger partial charge in [-0.15, -0.1) is 0 Å². The van der Waals surface area contributed by atoms with Crippen molar-refractivity contribution in [1.29, 1.82) is 0 Å². The molecule has 0 unspecified atom stereocenters. The molecular weight excluding hydrogens is 272 g/mol. The lowest BCUT2D eigenvalue weighted by Gasteiger charge is -2.05. The SMILES string of the molecule is C/C=C/C=C/C(=O)Nc1ccc(C(=O)NCC(=O)O)cc1. The molecule has 0 aliphatic rings. The highest BCUT2D eigenvalue weighted by atomic mass is 16.4. The van der Waals surface area contributed by atoms with E-state index in [1.807, 2.05) is 6.92 Å². The van der Waals surface area contributed by atoms with Gasteiger partial charge in [-0.25, -0.2) is 0 Å². The first kappa shape index (κ1) is 16.2. The minimum absolute atomic E-state index is 0.281. The predicted molar refractivity (Wildman–Crippen MR) is 79.0 cm³/mol. The van der Waals surface area contributed by atoms with Crippen molar-refractivity contribution in [2.24, 2.45) is 0 Å². The van der Waals surface area contributed by atoms with Gasteiger partial charge in [0.15, 0.2) is 0 Å². The lowest BCUT2D eigenvalue weighted by atomic mass is 10.2. The molecule has 0 atom stereocenters. The Morgan fingerprint density at radius 2 is 1.81 bits per heavy atom. The number of carboxylic acids is 1. The van der Waals surface area contributed by atoms with Gasteiger partial charge in [0.2, 0.25) is 5.91 Å². The summed E-state index contributed by atoms with van der Waals surface area (Å²) < 4.78 is 0. The topological polar surface area (TPSA) is 95.5 Å². The lowest BCUT2D eigenvalue weighted by molar-refractivity contribution is -0.135. The minimum Gasteiger partial charge on any atom is -0.480 e. The maximum atomic E-state index is 11.6. The van der Waals surface area contributed by atoms with Crippen LogP contribution in [0.3, 0.4) is 0 Å². The zero-order valence-electron chi connectivity index (χ0n) is 11.5. The Morgan fingerprint density at radius 1 is 1.14 bits per heavy atom. The molecule has 0 spiro atoms. The minimum atomic E-state index is -1.11. The van der Waals surface area contributed by atoms with Crippen LogP contribution in [-0.4, -0.2) is 29.4 Å². The molecule has 0 radical (unpaired) electrons. The molecule has 0 aromatic heterocycles. The van der Waals surface area contributed by atoms with Crippen molar-refractivity contribution in [3.63, 3.8) is 0 Å². The Morgan fingerprint density at radius 3 is 2.38 bits per heavy atom. The van der Waals surface area contributed by atoms with Gasteiger partial charge in [-0.2, -0.15) is 0 Å². The molecule has 110 valence electrons. The molecular formula is C15H16N2O4. The summed E-state index contributed by atoms with van der Waals surface area (Å²) in [5, 5.41) is 13.3. The first-order valence-electron chi connectivity index (χ1n) is 6.23. The number of carbonyl (C=O) groups is 3. The number of allylic oxidation sites excluding steroid dienone is 3. The number of carboxylic acid groups (broad SMARTS) is 1. The van der Waals surface area contributed by atoms with Gasteiger partial charge in [-0.1, -0.05) is 18.2 Å². The van der Waals surface area contributed by atoms with Crippen molar-refractivity contribution in [3.8, 4) is 0 Å².